The maximum absolute atomic E-state index is 6.24. The first-order chi connectivity index (χ1) is 10.6. The summed E-state index contributed by atoms with van der Waals surface area (Å²) in [5.74, 6) is 0. The molecule has 0 saturated heterocycles. The van der Waals surface area contributed by atoms with Crippen LogP contribution in [0.1, 0.15) is 22.3 Å². The van der Waals surface area contributed by atoms with Crippen LogP contribution in [0, 0.1) is 0 Å². The molecular formula is C19H21ClN2. The number of halogens is 1. The zero-order valence-electron chi connectivity index (χ0n) is 13.1. The van der Waals surface area contributed by atoms with Crippen LogP contribution in [0.5, 0.6) is 0 Å². The molecule has 0 bridgehead atoms. The number of fused-ring (bicyclic) bond motifs is 2. The fourth-order valence-corrected chi connectivity index (χ4v) is 3.08. The summed E-state index contributed by atoms with van der Waals surface area (Å²) in [6, 6.07) is 14.8. The second kappa shape index (κ2) is 6.64. The minimum Gasteiger partial charge on any atom is -0.308 e. The molecule has 2 nitrogen and oxygen atoms in total. The zero-order chi connectivity index (χ0) is 15.5. The van der Waals surface area contributed by atoms with Crippen LogP contribution in [0.4, 0.5) is 0 Å². The van der Waals surface area contributed by atoms with E-state index in [1.165, 1.54) is 22.3 Å². The van der Waals surface area contributed by atoms with Gasteiger partial charge in [0.25, 0.3) is 0 Å². The van der Waals surface area contributed by atoms with Crippen LogP contribution in [0.3, 0.4) is 0 Å². The van der Waals surface area contributed by atoms with Crippen LogP contribution in [-0.2, 0) is 12.8 Å². The molecule has 0 aliphatic heterocycles. The third-order valence-electron chi connectivity index (χ3n) is 4.08. The van der Waals surface area contributed by atoms with Crippen molar-refractivity contribution in [3.63, 3.8) is 0 Å². The maximum Gasteiger partial charge on any atom is 0.0725 e. The number of hydrogen-bond acceptors (Lipinski definition) is 2. The molecule has 1 aliphatic carbocycles. The number of rotatable bonds is 3. The Balaban J connectivity index is 2.10. The van der Waals surface area contributed by atoms with E-state index in [2.05, 4.69) is 55.4 Å². The van der Waals surface area contributed by atoms with Gasteiger partial charge in [-0.3, -0.25) is 4.99 Å². The van der Waals surface area contributed by atoms with E-state index in [0.717, 1.165) is 36.7 Å². The molecule has 0 heterocycles. The van der Waals surface area contributed by atoms with E-state index in [0.29, 0.717) is 0 Å². The molecule has 0 unspecified atom stereocenters. The molecule has 114 valence electrons. The molecule has 1 aliphatic rings. The summed E-state index contributed by atoms with van der Waals surface area (Å²) in [6.07, 6.45) is 2.09. The predicted molar refractivity (Wildman–Crippen MR) is 94.4 cm³/mol. The van der Waals surface area contributed by atoms with Crippen LogP contribution in [0.25, 0.3) is 0 Å². The maximum atomic E-state index is 6.24. The molecule has 2 aromatic rings. The van der Waals surface area contributed by atoms with Gasteiger partial charge in [0.05, 0.1) is 12.3 Å². The molecule has 0 saturated carbocycles. The lowest BCUT2D eigenvalue weighted by Crippen LogP contribution is -2.17. The summed E-state index contributed by atoms with van der Waals surface area (Å²) in [4.78, 5) is 7.08. The van der Waals surface area contributed by atoms with Crippen molar-refractivity contribution in [2.45, 2.75) is 12.8 Å². The number of aryl methyl sites for hydroxylation is 2. The van der Waals surface area contributed by atoms with Gasteiger partial charge >= 0.3 is 0 Å². The van der Waals surface area contributed by atoms with Crippen molar-refractivity contribution in [1.82, 2.24) is 4.90 Å². The van der Waals surface area contributed by atoms with Crippen LogP contribution in [0.15, 0.2) is 47.5 Å². The van der Waals surface area contributed by atoms with E-state index < -0.39 is 0 Å². The molecule has 0 N–H and O–H groups in total. The molecule has 0 aromatic heterocycles. The van der Waals surface area contributed by atoms with Gasteiger partial charge < -0.3 is 4.90 Å². The van der Waals surface area contributed by atoms with Crippen molar-refractivity contribution in [1.29, 1.82) is 0 Å². The van der Waals surface area contributed by atoms with Crippen LogP contribution >= 0.6 is 11.6 Å². The van der Waals surface area contributed by atoms with Gasteiger partial charge in [0, 0.05) is 22.7 Å². The zero-order valence-corrected chi connectivity index (χ0v) is 13.9. The minimum atomic E-state index is 0.776. The first kappa shape index (κ1) is 15.3. The molecule has 3 rings (SSSR count). The second-order valence-electron chi connectivity index (χ2n) is 5.99. The number of hydrogen-bond donors (Lipinski definition) is 0. The summed E-state index contributed by atoms with van der Waals surface area (Å²) in [5, 5.41) is 0.776. The second-order valence-corrected chi connectivity index (χ2v) is 6.43. The highest BCUT2D eigenvalue weighted by molar-refractivity contribution is 6.31. The first-order valence-corrected chi connectivity index (χ1v) is 8.09. The molecule has 0 amide bonds. The third kappa shape index (κ3) is 3.23. The Bertz CT molecular complexity index is 704. The van der Waals surface area contributed by atoms with E-state index in [1.54, 1.807) is 0 Å². The number of aliphatic imine (C=N–C) groups is 1. The van der Waals surface area contributed by atoms with Crippen LogP contribution in [-0.4, -0.2) is 37.8 Å². The third-order valence-corrected chi connectivity index (χ3v) is 4.32. The standard InChI is InChI=1S/C19H21ClN2/c1-22(2)12-11-21-19-17-6-4-3-5-14(17)7-8-15-9-10-16(20)13-18(15)19/h3-6,9-10,13H,7-8,11-12H2,1-2H3/b21-19-. The number of likely N-dealkylation sites (N-methyl/N-ethyl adjacent to an activating group) is 1. The van der Waals surface area contributed by atoms with E-state index >= 15 is 0 Å². The summed E-state index contributed by atoms with van der Waals surface area (Å²) in [7, 11) is 4.15. The lowest BCUT2D eigenvalue weighted by molar-refractivity contribution is 0.420. The largest absolute Gasteiger partial charge is 0.308 e. The summed E-state index contributed by atoms with van der Waals surface area (Å²) in [5.41, 5.74) is 6.24. The van der Waals surface area contributed by atoms with Crippen molar-refractivity contribution < 1.29 is 0 Å². The van der Waals surface area contributed by atoms with E-state index in [4.69, 9.17) is 16.6 Å². The molecule has 0 atom stereocenters. The van der Waals surface area contributed by atoms with Crippen molar-refractivity contribution in [3.8, 4) is 0 Å². The summed E-state index contributed by atoms with van der Waals surface area (Å²) in [6.45, 7) is 1.74. The van der Waals surface area contributed by atoms with Crippen LogP contribution < -0.4 is 0 Å². The fraction of sp³-hybridized carbons (Fsp3) is 0.316. The normalized spacial score (nSPS) is 15.5. The van der Waals surface area contributed by atoms with Gasteiger partial charge in [0.1, 0.15) is 0 Å². The van der Waals surface area contributed by atoms with E-state index in [9.17, 15) is 0 Å². The van der Waals surface area contributed by atoms with Crippen molar-refractivity contribution >= 4 is 17.3 Å². The Hall–Kier alpha value is -1.64. The Morgan fingerprint density at radius 1 is 1.00 bits per heavy atom. The highest BCUT2D eigenvalue weighted by Gasteiger charge is 2.19. The predicted octanol–water partition coefficient (Wildman–Crippen LogP) is 3.84. The first-order valence-electron chi connectivity index (χ1n) is 7.71. The summed E-state index contributed by atoms with van der Waals surface area (Å²) >= 11 is 6.24. The lowest BCUT2D eigenvalue weighted by Gasteiger charge is -2.13. The van der Waals surface area contributed by atoms with E-state index in [1.807, 2.05) is 6.07 Å². The molecule has 2 aromatic carbocycles. The van der Waals surface area contributed by atoms with Gasteiger partial charge in [-0.05, 0) is 50.2 Å². The molecule has 0 spiro atoms. The Morgan fingerprint density at radius 2 is 1.73 bits per heavy atom. The van der Waals surface area contributed by atoms with Crippen molar-refractivity contribution in [3.05, 3.63) is 69.7 Å². The summed E-state index contributed by atoms with van der Waals surface area (Å²) < 4.78 is 0. The molecule has 3 heteroatoms. The average Bonchev–Trinajstić information content (AvgIpc) is 2.65. The molecule has 0 radical (unpaired) electrons. The van der Waals surface area contributed by atoms with Gasteiger partial charge in [-0.15, -0.1) is 0 Å². The minimum absolute atomic E-state index is 0.776. The SMILES string of the molecule is CN(C)CC/N=C1/c2ccccc2CCc2ccc(Cl)cc21. The van der Waals surface area contributed by atoms with Crippen molar-refractivity contribution in [2.24, 2.45) is 4.99 Å². The Kier molecular flexibility index (Phi) is 4.60. The molecule has 22 heavy (non-hydrogen) atoms. The fourth-order valence-electron chi connectivity index (χ4n) is 2.90. The van der Waals surface area contributed by atoms with Gasteiger partial charge in [-0.25, -0.2) is 0 Å². The Morgan fingerprint density at radius 3 is 2.50 bits per heavy atom. The topological polar surface area (TPSA) is 15.6 Å². The quantitative estimate of drug-likeness (QED) is 0.841. The molecular weight excluding hydrogens is 292 g/mol. The van der Waals surface area contributed by atoms with Gasteiger partial charge in [-0.2, -0.15) is 0 Å². The van der Waals surface area contributed by atoms with Crippen LogP contribution in [0.2, 0.25) is 5.02 Å². The van der Waals surface area contributed by atoms with Gasteiger partial charge in [-0.1, -0.05) is 41.9 Å². The number of benzene rings is 2. The molecule has 0 fully saturated rings. The van der Waals surface area contributed by atoms with Crippen molar-refractivity contribution in [2.75, 3.05) is 27.2 Å². The van der Waals surface area contributed by atoms with E-state index in [-0.39, 0.29) is 0 Å². The van der Waals surface area contributed by atoms with Gasteiger partial charge in [0.2, 0.25) is 0 Å². The van der Waals surface area contributed by atoms with Gasteiger partial charge in [0.15, 0.2) is 0 Å². The number of nitrogens with zero attached hydrogens (tertiary/aromatic N) is 2. The highest BCUT2D eigenvalue weighted by atomic mass is 35.5. The smallest absolute Gasteiger partial charge is 0.0725 e. The lowest BCUT2D eigenvalue weighted by atomic mass is 9.98. The Labute approximate surface area is 137 Å². The highest BCUT2D eigenvalue weighted by Crippen LogP contribution is 2.27. The average molecular weight is 313 g/mol. The monoisotopic (exact) mass is 312 g/mol.